The lowest BCUT2D eigenvalue weighted by Gasteiger charge is -2.18. The highest BCUT2D eigenvalue weighted by Crippen LogP contribution is 2.35. The van der Waals surface area contributed by atoms with Crippen molar-refractivity contribution in [2.75, 3.05) is 0 Å². The van der Waals surface area contributed by atoms with Crippen molar-refractivity contribution in [3.63, 3.8) is 0 Å². The number of carbonyl (C=O) groups is 2. The maximum atomic E-state index is 11.9. The van der Waals surface area contributed by atoms with Crippen molar-refractivity contribution in [1.29, 1.82) is 0 Å². The molecule has 0 spiro atoms. The quantitative estimate of drug-likeness (QED) is 0.874. The summed E-state index contributed by atoms with van der Waals surface area (Å²) in [7, 11) is 0. The van der Waals surface area contributed by atoms with E-state index in [-0.39, 0.29) is 0 Å². The number of ether oxygens (including phenoxy) is 1. The molecular weight excluding hydrogens is 305 g/mol. The zero-order valence-corrected chi connectivity index (χ0v) is 12.2. The molecule has 1 atom stereocenters. The largest absolute Gasteiger partial charge is 0.481 e. The van der Waals surface area contributed by atoms with Crippen molar-refractivity contribution >= 4 is 35.1 Å². The SMILES string of the molecule is CC(Oc1cc(Cl)cc(Cl)c1)C(=O)NC1(C(=O)O)CC1. The molecule has 0 radical (unpaired) electrons. The van der Waals surface area contributed by atoms with Crippen LogP contribution in [-0.4, -0.2) is 28.6 Å². The Morgan fingerprint density at radius 3 is 2.30 bits per heavy atom. The molecule has 5 nitrogen and oxygen atoms in total. The van der Waals surface area contributed by atoms with Gasteiger partial charge in [0.05, 0.1) is 0 Å². The summed E-state index contributed by atoms with van der Waals surface area (Å²) in [4.78, 5) is 22.9. The van der Waals surface area contributed by atoms with Crippen molar-refractivity contribution in [2.24, 2.45) is 0 Å². The lowest BCUT2D eigenvalue weighted by molar-refractivity contribution is -0.144. The predicted molar refractivity (Wildman–Crippen MR) is 74.3 cm³/mol. The number of hydrogen-bond acceptors (Lipinski definition) is 3. The van der Waals surface area contributed by atoms with Gasteiger partial charge < -0.3 is 15.2 Å². The van der Waals surface area contributed by atoms with Crippen molar-refractivity contribution < 1.29 is 19.4 Å². The molecule has 0 aliphatic heterocycles. The minimum Gasteiger partial charge on any atom is -0.481 e. The number of hydrogen-bond donors (Lipinski definition) is 2. The molecule has 0 heterocycles. The second-order valence-corrected chi connectivity index (χ2v) is 5.61. The van der Waals surface area contributed by atoms with Crippen LogP contribution in [0.2, 0.25) is 10.0 Å². The van der Waals surface area contributed by atoms with Crippen molar-refractivity contribution in [3.05, 3.63) is 28.2 Å². The van der Waals surface area contributed by atoms with Crippen LogP contribution in [0.3, 0.4) is 0 Å². The van der Waals surface area contributed by atoms with Crippen LogP contribution in [-0.2, 0) is 9.59 Å². The first-order valence-corrected chi connectivity index (χ1v) is 6.76. The van der Waals surface area contributed by atoms with Gasteiger partial charge in [-0.05, 0) is 38.0 Å². The van der Waals surface area contributed by atoms with E-state index in [1.54, 1.807) is 6.07 Å². The van der Waals surface area contributed by atoms with Crippen molar-refractivity contribution in [2.45, 2.75) is 31.4 Å². The van der Waals surface area contributed by atoms with Crippen LogP contribution < -0.4 is 10.1 Å². The number of halogens is 2. The standard InChI is InChI=1S/C13H13Cl2NO4/c1-7(11(17)16-13(2-3-13)12(18)19)20-10-5-8(14)4-9(15)6-10/h4-7H,2-3H2,1H3,(H,16,17)(H,18,19). The highest BCUT2D eigenvalue weighted by molar-refractivity contribution is 6.34. The molecule has 1 aromatic carbocycles. The number of amides is 1. The first kappa shape index (κ1) is 14.9. The third-order valence-electron chi connectivity index (χ3n) is 3.04. The summed E-state index contributed by atoms with van der Waals surface area (Å²) < 4.78 is 5.42. The average molecular weight is 318 g/mol. The Morgan fingerprint density at radius 2 is 1.85 bits per heavy atom. The number of rotatable bonds is 5. The van der Waals surface area contributed by atoms with Gasteiger partial charge >= 0.3 is 5.97 Å². The Hall–Kier alpha value is -1.46. The molecule has 2 N–H and O–H groups in total. The number of carbonyl (C=O) groups excluding carboxylic acids is 1. The van der Waals surface area contributed by atoms with E-state index in [0.717, 1.165) is 0 Å². The molecule has 1 aromatic rings. The van der Waals surface area contributed by atoms with E-state index in [9.17, 15) is 9.59 Å². The van der Waals surface area contributed by atoms with Gasteiger partial charge in [-0.2, -0.15) is 0 Å². The van der Waals surface area contributed by atoms with E-state index in [2.05, 4.69) is 5.32 Å². The van der Waals surface area contributed by atoms with E-state index in [1.807, 2.05) is 0 Å². The number of nitrogens with one attached hydrogen (secondary N) is 1. The number of carboxylic acids is 1. The van der Waals surface area contributed by atoms with Crippen LogP contribution in [0.4, 0.5) is 0 Å². The molecule has 1 unspecified atom stereocenters. The van der Waals surface area contributed by atoms with Gasteiger partial charge in [-0.25, -0.2) is 4.79 Å². The first-order valence-electron chi connectivity index (χ1n) is 6.00. The van der Waals surface area contributed by atoms with Gasteiger partial charge in [0.15, 0.2) is 6.10 Å². The van der Waals surface area contributed by atoms with Crippen LogP contribution in [0.5, 0.6) is 5.75 Å². The first-order chi connectivity index (χ1) is 9.32. The van der Waals surface area contributed by atoms with E-state index in [1.165, 1.54) is 19.1 Å². The normalized spacial score (nSPS) is 17.1. The van der Waals surface area contributed by atoms with Gasteiger partial charge in [0.1, 0.15) is 11.3 Å². The fourth-order valence-electron chi connectivity index (χ4n) is 1.71. The summed E-state index contributed by atoms with van der Waals surface area (Å²) >= 11 is 11.7. The molecule has 1 amide bonds. The van der Waals surface area contributed by atoms with Crippen LogP contribution >= 0.6 is 23.2 Å². The van der Waals surface area contributed by atoms with E-state index >= 15 is 0 Å². The van der Waals surface area contributed by atoms with E-state index < -0.39 is 23.5 Å². The van der Waals surface area contributed by atoms with Crippen LogP contribution in [0, 0.1) is 0 Å². The molecule has 1 aliphatic rings. The second-order valence-electron chi connectivity index (χ2n) is 4.74. The van der Waals surface area contributed by atoms with E-state index in [4.69, 9.17) is 33.0 Å². The lowest BCUT2D eigenvalue weighted by atomic mass is 10.2. The summed E-state index contributed by atoms with van der Waals surface area (Å²) in [5.74, 6) is -1.16. The third-order valence-corrected chi connectivity index (χ3v) is 3.48. The molecular formula is C13H13Cl2NO4. The average Bonchev–Trinajstić information content (AvgIpc) is 3.08. The molecule has 0 saturated heterocycles. The maximum Gasteiger partial charge on any atom is 0.329 e. The summed E-state index contributed by atoms with van der Waals surface area (Å²) in [6, 6.07) is 4.60. The highest BCUT2D eigenvalue weighted by atomic mass is 35.5. The Balaban J connectivity index is 1.99. The fourth-order valence-corrected chi connectivity index (χ4v) is 2.22. The zero-order valence-electron chi connectivity index (χ0n) is 10.7. The van der Waals surface area contributed by atoms with Gasteiger partial charge in [0, 0.05) is 10.0 Å². The maximum absolute atomic E-state index is 11.9. The van der Waals surface area contributed by atoms with Gasteiger partial charge in [-0.15, -0.1) is 0 Å². The number of aliphatic carboxylic acids is 1. The Morgan fingerprint density at radius 1 is 1.30 bits per heavy atom. The van der Waals surface area contributed by atoms with Gasteiger partial charge in [-0.1, -0.05) is 23.2 Å². The summed E-state index contributed by atoms with van der Waals surface area (Å²) in [6.45, 7) is 1.53. The topological polar surface area (TPSA) is 75.6 Å². The molecule has 1 fully saturated rings. The molecule has 1 aliphatic carbocycles. The molecule has 0 aromatic heterocycles. The number of benzene rings is 1. The second kappa shape index (κ2) is 5.50. The molecule has 0 bridgehead atoms. The van der Waals surface area contributed by atoms with Gasteiger partial charge in [0.2, 0.25) is 0 Å². The third kappa shape index (κ3) is 3.35. The van der Waals surface area contributed by atoms with Crippen LogP contribution in [0.25, 0.3) is 0 Å². The van der Waals surface area contributed by atoms with Crippen LogP contribution in [0.15, 0.2) is 18.2 Å². The van der Waals surface area contributed by atoms with E-state index in [0.29, 0.717) is 28.6 Å². The smallest absolute Gasteiger partial charge is 0.329 e. The van der Waals surface area contributed by atoms with Gasteiger partial charge in [0.25, 0.3) is 5.91 Å². The Labute approximate surface area is 125 Å². The Kier molecular flexibility index (Phi) is 4.11. The molecule has 2 rings (SSSR count). The summed E-state index contributed by atoms with van der Waals surface area (Å²) in [5.41, 5.74) is -1.12. The predicted octanol–water partition coefficient (Wildman–Crippen LogP) is 2.49. The summed E-state index contributed by atoms with van der Waals surface area (Å²) in [6.07, 6.45) is 0.0227. The monoisotopic (exact) mass is 317 g/mol. The molecule has 20 heavy (non-hydrogen) atoms. The minimum atomic E-state index is -1.12. The zero-order chi connectivity index (χ0) is 14.9. The highest BCUT2D eigenvalue weighted by Gasteiger charge is 2.52. The van der Waals surface area contributed by atoms with Crippen molar-refractivity contribution in [3.8, 4) is 5.75 Å². The molecule has 1 saturated carbocycles. The number of carboxylic acid groups (broad SMARTS) is 1. The van der Waals surface area contributed by atoms with Crippen LogP contribution in [0.1, 0.15) is 19.8 Å². The summed E-state index contributed by atoms with van der Waals surface area (Å²) in [5, 5.41) is 12.3. The molecule has 108 valence electrons. The lowest BCUT2D eigenvalue weighted by Crippen LogP contribution is -2.48. The van der Waals surface area contributed by atoms with Crippen molar-refractivity contribution in [1.82, 2.24) is 5.32 Å². The Bertz CT molecular complexity index is 537. The minimum absolute atomic E-state index is 0.352. The molecule has 7 heteroatoms. The fraction of sp³-hybridized carbons (Fsp3) is 0.385. The van der Waals surface area contributed by atoms with Gasteiger partial charge in [-0.3, -0.25) is 4.79 Å².